The minimum Gasteiger partial charge on any atom is -0.497 e. The molecule has 2 aromatic carbocycles. The van der Waals surface area contributed by atoms with Crippen LogP contribution in [-0.2, 0) is 11.2 Å². The number of aryl methyl sites for hydroxylation is 1. The highest BCUT2D eigenvalue weighted by Gasteiger charge is 2.04. The van der Waals surface area contributed by atoms with Gasteiger partial charge in [0.25, 0.3) is 5.91 Å². The van der Waals surface area contributed by atoms with Gasteiger partial charge in [0.15, 0.2) is 6.61 Å². The van der Waals surface area contributed by atoms with Crippen molar-refractivity contribution < 1.29 is 14.3 Å². The lowest BCUT2D eigenvalue weighted by Crippen LogP contribution is -2.20. The number of carbonyl (C=O) groups is 1. The van der Waals surface area contributed by atoms with Crippen LogP contribution in [0.3, 0.4) is 0 Å². The van der Waals surface area contributed by atoms with E-state index in [0.29, 0.717) is 11.5 Å². The van der Waals surface area contributed by atoms with Crippen molar-refractivity contribution in [2.75, 3.05) is 19.0 Å². The first-order valence-electron chi connectivity index (χ1n) is 7.37. The van der Waals surface area contributed by atoms with E-state index in [1.165, 1.54) is 5.56 Å². The number of hydrogen-bond acceptors (Lipinski definition) is 3. The third kappa shape index (κ3) is 4.81. The van der Waals surface area contributed by atoms with Crippen LogP contribution in [0.25, 0.3) is 0 Å². The van der Waals surface area contributed by atoms with Crippen molar-refractivity contribution in [3.8, 4) is 11.5 Å². The molecule has 0 spiro atoms. The molecule has 0 saturated heterocycles. The summed E-state index contributed by atoms with van der Waals surface area (Å²) in [7, 11) is 1.59. The molecule has 0 fully saturated rings. The van der Waals surface area contributed by atoms with Gasteiger partial charge < -0.3 is 14.8 Å². The fraction of sp³-hybridized carbons (Fsp3) is 0.278. The molecule has 0 radical (unpaired) electrons. The zero-order chi connectivity index (χ0) is 15.8. The molecule has 116 valence electrons. The van der Waals surface area contributed by atoms with Crippen molar-refractivity contribution in [3.05, 3.63) is 54.1 Å². The van der Waals surface area contributed by atoms with Gasteiger partial charge in [-0.2, -0.15) is 0 Å². The maximum Gasteiger partial charge on any atom is 0.262 e. The Bertz CT molecular complexity index is 608. The number of anilines is 1. The van der Waals surface area contributed by atoms with Crippen LogP contribution in [0.15, 0.2) is 48.5 Å². The SMILES string of the molecule is CCCc1ccc(NC(=O)COc2cccc(OC)c2)cc1. The number of benzene rings is 2. The molecule has 0 unspecified atom stereocenters. The third-order valence-corrected chi connectivity index (χ3v) is 3.19. The molecule has 2 rings (SSSR count). The van der Waals surface area contributed by atoms with Crippen LogP contribution in [-0.4, -0.2) is 19.6 Å². The number of rotatable bonds is 7. The van der Waals surface area contributed by atoms with E-state index in [9.17, 15) is 4.79 Å². The smallest absolute Gasteiger partial charge is 0.262 e. The fourth-order valence-corrected chi connectivity index (χ4v) is 2.08. The second-order valence-corrected chi connectivity index (χ2v) is 4.96. The van der Waals surface area contributed by atoms with Gasteiger partial charge in [0.05, 0.1) is 7.11 Å². The Hall–Kier alpha value is -2.49. The topological polar surface area (TPSA) is 47.6 Å². The minimum atomic E-state index is -0.189. The third-order valence-electron chi connectivity index (χ3n) is 3.19. The lowest BCUT2D eigenvalue weighted by molar-refractivity contribution is -0.118. The number of carbonyl (C=O) groups excluding carboxylic acids is 1. The highest BCUT2D eigenvalue weighted by atomic mass is 16.5. The van der Waals surface area contributed by atoms with Crippen molar-refractivity contribution in [2.45, 2.75) is 19.8 Å². The molecule has 4 heteroatoms. The van der Waals surface area contributed by atoms with E-state index in [1.54, 1.807) is 19.2 Å². The van der Waals surface area contributed by atoms with Crippen molar-refractivity contribution in [1.29, 1.82) is 0 Å². The maximum absolute atomic E-state index is 11.9. The first-order valence-corrected chi connectivity index (χ1v) is 7.37. The molecule has 0 aliphatic rings. The Balaban J connectivity index is 1.84. The van der Waals surface area contributed by atoms with Crippen LogP contribution in [0.5, 0.6) is 11.5 Å². The van der Waals surface area contributed by atoms with Gasteiger partial charge in [-0.05, 0) is 36.2 Å². The van der Waals surface area contributed by atoms with Gasteiger partial charge in [-0.1, -0.05) is 31.5 Å². The number of amides is 1. The van der Waals surface area contributed by atoms with E-state index >= 15 is 0 Å². The molecule has 22 heavy (non-hydrogen) atoms. The molecule has 0 atom stereocenters. The average molecular weight is 299 g/mol. The standard InChI is InChI=1S/C18H21NO3/c1-3-5-14-8-10-15(11-9-14)19-18(20)13-22-17-7-4-6-16(12-17)21-2/h4,6-12H,3,5,13H2,1-2H3,(H,19,20). The lowest BCUT2D eigenvalue weighted by Gasteiger charge is -2.09. The van der Waals surface area contributed by atoms with Gasteiger partial charge in [-0.15, -0.1) is 0 Å². The van der Waals surface area contributed by atoms with Crippen LogP contribution >= 0.6 is 0 Å². The largest absolute Gasteiger partial charge is 0.497 e. The van der Waals surface area contributed by atoms with Crippen molar-refractivity contribution in [1.82, 2.24) is 0 Å². The van der Waals surface area contributed by atoms with Crippen molar-refractivity contribution in [2.24, 2.45) is 0 Å². The first-order chi connectivity index (χ1) is 10.7. The Morgan fingerprint density at radius 1 is 1.09 bits per heavy atom. The Morgan fingerprint density at radius 3 is 2.50 bits per heavy atom. The second-order valence-electron chi connectivity index (χ2n) is 4.96. The van der Waals surface area contributed by atoms with Gasteiger partial charge in [0.2, 0.25) is 0 Å². The van der Waals surface area contributed by atoms with Gasteiger partial charge in [-0.3, -0.25) is 4.79 Å². The molecule has 0 bridgehead atoms. The first kappa shape index (κ1) is 15.9. The summed E-state index contributed by atoms with van der Waals surface area (Å²) >= 11 is 0. The predicted octanol–water partition coefficient (Wildman–Crippen LogP) is 3.67. The highest BCUT2D eigenvalue weighted by Crippen LogP contribution is 2.18. The predicted molar refractivity (Wildman–Crippen MR) is 87.6 cm³/mol. The summed E-state index contributed by atoms with van der Waals surface area (Å²) in [5.74, 6) is 1.11. The fourth-order valence-electron chi connectivity index (χ4n) is 2.08. The Morgan fingerprint density at radius 2 is 1.82 bits per heavy atom. The van der Waals surface area contributed by atoms with Gasteiger partial charge in [0.1, 0.15) is 11.5 Å². The molecular weight excluding hydrogens is 278 g/mol. The summed E-state index contributed by atoms with van der Waals surface area (Å²) in [6.45, 7) is 2.11. The second kappa shape index (κ2) is 8.08. The number of ether oxygens (including phenoxy) is 2. The molecule has 4 nitrogen and oxygen atoms in total. The summed E-state index contributed by atoms with van der Waals surface area (Å²) in [6.07, 6.45) is 2.16. The van der Waals surface area contributed by atoms with Gasteiger partial charge in [-0.25, -0.2) is 0 Å². The van der Waals surface area contributed by atoms with E-state index in [-0.39, 0.29) is 12.5 Å². The maximum atomic E-state index is 11.9. The molecule has 1 N–H and O–H groups in total. The van der Waals surface area contributed by atoms with Crippen LogP contribution in [0, 0.1) is 0 Å². The number of hydrogen-bond donors (Lipinski definition) is 1. The average Bonchev–Trinajstić information content (AvgIpc) is 2.55. The van der Waals surface area contributed by atoms with E-state index < -0.39 is 0 Å². The normalized spacial score (nSPS) is 10.1. The van der Waals surface area contributed by atoms with Gasteiger partial charge in [0, 0.05) is 11.8 Å². The molecule has 1 amide bonds. The molecule has 0 aliphatic carbocycles. The molecule has 0 heterocycles. The van der Waals surface area contributed by atoms with Crippen LogP contribution < -0.4 is 14.8 Å². The van der Waals surface area contributed by atoms with Gasteiger partial charge >= 0.3 is 0 Å². The highest BCUT2D eigenvalue weighted by molar-refractivity contribution is 5.91. The quantitative estimate of drug-likeness (QED) is 0.848. The van der Waals surface area contributed by atoms with E-state index in [2.05, 4.69) is 12.2 Å². The van der Waals surface area contributed by atoms with Crippen LogP contribution in [0.4, 0.5) is 5.69 Å². The Kier molecular flexibility index (Phi) is 5.83. The summed E-state index contributed by atoms with van der Waals surface area (Å²) in [6, 6.07) is 15.1. The number of nitrogens with one attached hydrogen (secondary N) is 1. The summed E-state index contributed by atoms with van der Waals surface area (Å²) in [5, 5.41) is 2.81. The molecule has 0 aliphatic heterocycles. The molecule has 0 aromatic heterocycles. The zero-order valence-corrected chi connectivity index (χ0v) is 13.0. The summed E-state index contributed by atoms with van der Waals surface area (Å²) < 4.78 is 10.6. The van der Waals surface area contributed by atoms with Crippen LogP contribution in [0.2, 0.25) is 0 Å². The molecule has 0 saturated carbocycles. The van der Waals surface area contributed by atoms with Crippen LogP contribution in [0.1, 0.15) is 18.9 Å². The monoisotopic (exact) mass is 299 g/mol. The lowest BCUT2D eigenvalue weighted by atomic mass is 10.1. The van der Waals surface area contributed by atoms with Crippen molar-refractivity contribution >= 4 is 11.6 Å². The minimum absolute atomic E-state index is 0.0378. The van der Waals surface area contributed by atoms with E-state index in [1.807, 2.05) is 36.4 Å². The van der Waals surface area contributed by atoms with E-state index in [0.717, 1.165) is 18.5 Å². The number of methoxy groups -OCH3 is 1. The zero-order valence-electron chi connectivity index (χ0n) is 13.0. The summed E-state index contributed by atoms with van der Waals surface area (Å²) in [4.78, 5) is 11.9. The molecular formula is C18H21NO3. The molecule has 2 aromatic rings. The summed E-state index contributed by atoms with van der Waals surface area (Å²) in [5.41, 5.74) is 2.05. The Labute approximate surface area is 131 Å². The van der Waals surface area contributed by atoms with E-state index in [4.69, 9.17) is 9.47 Å². The van der Waals surface area contributed by atoms with Crippen molar-refractivity contribution in [3.63, 3.8) is 0 Å².